The lowest BCUT2D eigenvalue weighted by Gasteiger charge is -2.18. The molecule has 1 unspecified atom stereocenters. The highest BCUT2D eigenvalue weighted by Crippen LogP contribution is 2.23. The van der Waals surface area contributed by atoms with Gasteiger partial charge in [0.05, 0.1) is 0 Å². The normalized spacial score (nSPS) is 14.1. The highest BCUT2D eigenvalue weighted by atomic mass is 127. The van der Waals surface area contributed by atoms with Gasteiger partial charge in [-0.15, -0.1) is 0 Å². The van der Waals surface area contributed by atoms with Crippen LogP contribution in [0.1, 0.15) is 6.92 Å². The summed E-state index contributed by atoms with van der Waals surface area (Å²) in [7, 11) is 0. The van der Waals surface area contributed by atoms with Crippen LogP contribution in [0.2, 0.25) is 0 Å². The van der Waals surface area contributed by atoms with Crippen LogP contribution in [-0.4, -0.2) is 22.0 Å². The number of rotatable bonds is 4. The number of carbonyl (C=O) groups excluding carboxylic acids is 2. The van der Waals surface area contributed by atoms with Gasteiger partial charge in [0.25, 0.3) is 0 Å². The van der Waals surface area contributed by atoms with Gasteiger partial charge in [-0.05, 0) is 29.5 Å². The second-order valence-electron chi connectivity index (χ2n) is 2.25. The number of alkyl halides is 1. The Balaban J connectivity index is 4.74. The maximum absolute atomic E-state index is 11.1. The topological polar surface area (TPSA) is 81.8 Å². The molecule has 0 aromatic rings. The Labute approximate surface area is 89.1 Å². The van der Waals surface area contributed by atoms with Gasteiger partial charge in [-0.2, -0.15) is 0 Å². The molecule has 0 aliphatic heterocycles. The molecule has 0 saturated carbocycles. The summed E-state index contributed by atoms with van der Waals surface area (Å²) in [6.45, 7) is 7.60. The van der Waals surface area contributed by atoms with Crippen molar-refractivity contribution in [1.29, 1.82) is 0 Å². The summed E-state index contributed by atoms with van der Waals surface area (Å²) in [5.41, 5.74) is 5.45. The number of hydrogen-bond donors (Lipinski definition) is 1. The second kappa shape index (κ2) is 4.47. The van der Waals surface area contributed by atoms with Crippen molar-refractivity contribution in [2.75, 3.05) is 0 Å². The van der Waals surface area contributed by atoms with Gasteiger partial charge in [-0.3, -0.25) is 4.79 Å². The summed E-state index contributed by atoms with van der Waals surface area (Å²) >= 11 is 1.56. The van der Waals surface area contributed by atoms with Gasteiger partial charge >= 0.3 is 5.97 Å². The molecule has 0 amide bonds. The Hall–Kier alpha value is -0.760. The monoisotopic (exact) mass is 296 g/mol. The summed E-state index contributed by atoms with van der Waals surface area (Å²) in [6.07, 6.45) is 0. The van der Waals surface area contributed by atoms with E-state index in [1.807, 2.05) is 0 Å². The van der Waals surface area contributed by atoms with E-state index in [1.165, 1.54) is 6.92 Å². The van der Waals surface area contributed by atoms with Gasteiger partial charge in [-0.1, -0.05) is 11.7 Å². The van der Waals surface area contributed by atoms with Crippen LogP contribution in [0.4, 0.5) is 0 Å². The minimum absolute atomic E-state index is 0.0400. The molecule has 1 atom stereocenters. The maximum atomic E-state index is 11.1. The number of nitrogens with zero attached hydrogens (tertiary/aromatic N) is 1. The van der Waals surface area contributed by atoms with Crippen LogP contribution in [0.15, 0.2) is 17.3 Å². The molecular weight excluding hydrogens is 287 g/mol. The van der Waals surface area contributed by atoms with Gasteiger partial charge in [0, 0.05) is 12.3 Å². The molecule has 13 heavy (non-hydrogen) atoms. The number of nitrogens with two attached hydrogens (primary N) is 1. The lowest BCUT2D eigenvalue weighted by molar-refractivity contribution is -0.145. The molecule has 0 heterocycles. The molecule has 0 aromatic heterocycles. The minimum atomic E-state index is -1.58. The Morgan fingerprint density at radius 2 is 2.08 bits per heavy atom. The van der Waals surface area contributed by atoms with Gasteiger partial charge in [0.15, 0.2) is 9.33 Å². The van der Waals surface area contributed by atoms with Crippen LogP contribution in [0.5, 0.6) is 0 Å². The predicted octanol–water partition coefficient (Wildman–Crippen LogP) is 0.380. The molecule has 0 radical (unpaired) electrons. The Bertz CT molecular complexity index is 273. The molecule has 2 N–H and O–H groups in total. The highest BCUT2D eigenvalue weighted by molar-refractivity contribution is 14.1. The third-order valence-corrected chi connectivity index (χ3v) is 2.40. The van der Waals surface area contributed by atoms with Crippen molar-refractivity contribution >= 4 is 41.1 Å². The van der Waals surface area contributed by atoms with Crippen molar-refractivity contribution < 1.29 is 14.4 Å². The van der Waals surface area contributed by atoms with Crippen molar-refractivity contribution in [3.8, 4) is 0 Å². The van der Waals surface area contributed by atoms with Gasteiger partial charge in [0.2, 0.25) is 0 Å². The number of hydrogen-bond acceptors (Lipinski definition) is 5. The standard InChI is InChI=1S/C7H9IN2O3/c1-4(5(2)11)7(8,9)6(12)13-10-3/h1,3,9H2,2H3. The molecule has 0 bridgehead atoms. The predicted molar refractivity (Wildman–Crippen MR) is 56.4 cm³/mol. The number of ketones is 1. The fourth-order valence-electron chi connectivity index (χ4n) is 0.504. The van der Waals surface area contributed by atoms with Crippen molar-refractivity contribution in [2.24, 2.45) is 10.9 Å². The fraction of sp³-hybridized carbons (Fsp3) is 0.286. The summed E-state index contributed by atoms with van der Waals surface area (Å²) in [5.74, 6) is -1.25. The van der Waals surface area contributed by atoms with E-state index in [0.29, 0.717) is 0 Å². The first kappa shape index (κ1) is 12.2. The van der Waals surface area contributed by atoms with Crippen molar-refractivity contribution in [3.05, 3.63) is 12.2 Å². The summed E-state index contributed by atoms with van der Waals surface area (Å²) in [4.78, 5) is 26.2. The second-order valence-corrected chi connectivity index (χ2v) is 3.96. The molecule has 0 saturated heterocycles. The molecule has 0 rings (SSSR count). The Morgan fingerprint density at radius 3 is 2.38 bits per heavy atom. The van der Waals surface area contributed by atoms with Crippen molar-refractivity contribution in [2.45, 2.75) is 10.5 Å². The van der Waals surface area contributed by atoms with Gasteiger partial charge < -0.3 is 10.6 Å². The van der Waals surface area contributed by atoms with Gasteiger partial charge in [0.1, 0.15) is 0 Å². The zero-order valence-corrected chi connectivity index (χ0v) is 9.20. The zero-order valence-electron chi connectivity index (χ0n) is 7.04. The van der Waals surface area contributed by atoms with E-state index in [1.54, 1.807) is 22.6 Å². The molecule has 5 nitrogen and oxygen atoms in total. The average Bonchev–Trinajstić information content (AvgIpc) is 2.03. The van der Waals surface area contributed by atoms with Crippen molar-refractivity contribution in [1.82, 2.24) is 0 Å². The van der Waals surface area contributed by atoms with E-state index in [4.69, 9.17) is 5.73 Å². The molecule has 0 aromatic carbocycles. The third-order valence-electron chi connectivity index (χ3n) is 1.31. The lowest BCUT2D eigenvalue weighted by Crippen LogP contribution is -2.45. The third kappa shape index (κ3) is 2.88. The van der Waals surface area contributed by atoms with Crippen LogP contribution in [0.3, 0.4) is 0 Å². The number of halogens is 1. The molecule has 72 valence electrons. The van der Waals surface area contributed by atoms with Crippen LogP contribution >= 0.6 is 22.6 Å². The lowest BCUT2D eigenvalue weighted by atomic mass is 10.1. The SMILES string of the molecule is C=NOC(=O)C(N)(I)C(=C)C(C)=O. The first-order valence-electron chi connectivity index (χ1n) is 3.19. The summed E-state index contributed by atoms with van der Waals surface area (Å²) < 4.78 is -1.58. The smallest absolute Gasteiger partial charge is 0.315 e. The Morgan fingerprint density at radius 1 is 1.62 bits per heavy atom. The van der Waals surface area contributed by atoms with Crippen LogP contribution in [-0.2, 0) is 14.4 Å². The molecule has 6 heteroatoms. The van der Waals surface area contributed by atoms with E-state index < -0.39 is 9.51 Å². The molecule has 0 spiro atoms. The fourth-order valence-corrected chi connectivity index (χ4v) is 0.983. The quantitative estimate of drug-likeness (QED) is 0.155. The largest absolute Gasteiger partial charge is 0.369 e. The summed E-state index contributed by atoms with van der Waals surface area (Å²) in [6, 6.07) is 0. The highest BCUT2D eigenvalue weighted by Gasteiger charge is 2.38. The first-order chi connectivity index (χ1) is 5.84. The van der Waals surface area contributed by atoms with E-state index in [-0.39, 0.29) is 11.4 Å². The van der Waals surface area contributed by atoms with E-state index in [9.17, 15) is 9.59 Å². The molecule has 0 aliphatic carbocycles. The molecule has 0 aliphatic rings. The van der Waals surface area contributed by atoms with Crippen LogP contribution < -0.4 is 5.73 Å². The van der Waals surface area contributed by atoms with E-state index in [2.05, 4.69) is 23.3 Å². The Kier molecular flexibility index (Phi) is 4.21. The maximum Gasteiger partial charge on any atom is 0.369 e. The zero-order chi connectivity index (χ0) is 10.6. The first-order valence-corrected chi connectivity index (χ1v) is 4.27. The van der Waals surface area contributed by atoms with E-state index >= 15 is 0 Å². The number of carbonyl (C=O) groups is 2. The van der Waals surface area contributed by atoms with Gasteiger partial charge in [-0.25, -0.2) is 4.79 Å². The average molecular weight is 296 g/mol. The number of oxime groups is 1. The van der Waals surface area contributed by atoms with Crippen LogP contribution in [0.25, 0.3) is 0 Å². The van der Waals surface area contributed by atoms with E-state index in [0.717, 1.165) is 0 Å². The summed E-state index contributed by atoms with van der Waals surface area (Å²) in [5, 5.41) is 2.91. The molecule has 0 fully saturated rings. The minimum Gasteiger partial charge on any atom is -0.315 e. The number of Topliss-reactive ketones (excluding diaryl/α,β-unsaturated/α-hetero) is 1. The van der Waals surface area contributed by atoms with Crippen LogP contribution in [0, 0.1) is 0 Å². The van der Waals surface area contributed by atoms with Crippen molar-refractivity contribution in [3.63, 3.8) is 0 Å². The molecular formula is C7H9IN2O3.